The molecule has 4 heterocycles. The van der Waals surface area contributed by atoms with Crippen molar-refractivity contribution < 1.29 is 9.21 Å². The highest BCUT2D eigenvalue weighted by molar-refractivity contribution is 7.10. The van der Waals surface area contributed by atoms with Gasteiger partial charge < -0.3 is 20.0 Å². The van der Waals surface area contributed by atoms with E-state index in [4.69, 9.17) is 4.42 Å². The molecule has 3 aromatic heterocycles. The molecule has 1 atom stereocenters. The second-order valence-corrected chi connectivity index (χ2v) is 6.91. The van der Waals surface area contributed by atoms with Crippen LogP contribution in [0.3, 0.4) is 0 Å². The zero-order chi connectivity index (χ0) is 18.1. The predicted octanol–water partition coefficient (Wildman–Crippen LogP) is 2.93. The van der Waals surface area contributed by atoms with Crippen molar-refractivity contribution in [3.8, 4) is 0 Å². The number of furan rings is 1. The van der Waals surface area contributed by atoms with Crippen molar-refractivity contribution in [3.63, 3.8) is 0 Å². The molecule has 0 radical (unpaired) electrons. The third-order valence-electron chi connectivity index (χ3n) is 4.18. The second-order valence-electron chi connectivity index (χ2n) is 6.11. The van der Waals surface area contributed by atoms with Crippen molar-refractivity contribution in [1.29, 1.82) is 0 Å². The van der Waals surface area contributed by atoms with Crippen LogP contribution in [0.25, 0.3) is 11.1 Å². The summed E-state index contributed by atoms with van der Waals surface area (Å²) in [7, 11) is 0. The van der Waals surface area contributed by atoms with Gasteiger partial charge in [-0.2, -0.15) is 9.36 Å². The van der Waals surface area contributed by atoms with Gasteiger partial charge in [-0.3, -0.25) is 4.79 Å². The summed E-state index contributed by atoms with van der Waals surface area (Å²) in [5.41, 5.74) is 2.26. The minimum absolute atomic E-state index is 0.0527. The van der Waals surface area contributed by atoms with Gasteiger partial charge in [0.25, 0.3) is 0 Å². The molecule has 3 aromatic rings. The molecular weight excluding hydrogens is 352 g/mol. The quantitative estimate of drug-likeness (QED) is 0.667. The first-order chi connectivity index (χ1) is 12.6. The van der Waals surface area contributed by atoms with E-state index in [1.807, 2.05) is 13.0 Å². The highest BCUT2D eigenvalue weighted by atomic mass is 32.1. The Labute approximate surface area is 154 Å². The Hall–Kier alpha value is -2.94. The molecule has 0 spiro atoms. The fraction of sp³-hybridized carbons (Fsp3) is 0.294. The van der Waals surface area contributed by atoms with Gasteiger partial charge in [0.1, 0.15) is 10.5 Å². The van der Waals surface area contributed by atoms with Crippen LogP contribution in [0.5, 0.6) is 0 Å². The number of carbonyl (C=O) groups excluding carboxylic acids is 1. The molecule has 0 aliphatic carbocycles. The van der Waals surface area contributed by atoms with Crippen molar-refractivity contribution in [3.05, 3.63) is 36.7 Å². The van der Waals surface area contributed by atoms with Gasteiger partial charge in [-0.05, 0) is 37.0 Å². The number of nitrogens with one attached hydrogen (secondary N) is 2. The molecule has 0 bridgehead atoms. The number of hydrogen-bond donors (Lipinski definition) is 2. The van der Waals surface area contributed by atoms with Crippen LogP contribution in [-0.2, 0) is 4.79 Å². The summed E-state index contributed by atoms with van der Waals surface area (Å²) < 4.78 is 9.79. The number of fused-ring (bicyclic) bond motifs is 1. The number of hydrogen-bond acceptors (Lipinski definition) is 8. The van der Waals surface area contributed by atoms with E-state index in [2.05, 4.69) is 31.6 Å². The largest absolute Gasteiger partial charge is 0.459 e. The number of anilines is 3. The van der Waals surface area contributed by atoms with E-state index in [0.29, 0.717) is 36.0 Å². The van der Waals surface area contributed by atoms with Gasteiger partial charge in [-0.15, -0.1) is 0 Å². The Kier molecular flexibility index (Phi) is 4.29. The average molecular weight is 370 g/mol. The summed E-state index contributed by atoms with van der Waals surface area (Å²) in [5, 5.41) is 7.44. The Balaban J connectivity index is 1.57. The van der Waals surface area contributed by atoms with Crippen molar-refractivity contribution in [2.24, 2.45) is 0 Å². The highest BCUT2D eigenvalue weighted by Crippen LogP contribution is 2.27. The molecule has 2 N–H and O–H groups in total. The maximum absolute atomic E-state index is 11.8. The van der Waals surface area contributed by atoms with Crippen molar-refractivity contribution in [2.75, 3.05) is 23.7 Å². The van der Waals surface area contributed by atoms with Crippen LogP contribution in [0.4, 0.5) is 16.8 Å². The number of aryl methyl sites for hydroxylation is 1. The molecule has 4 rings (SSSR count). The van der Waals surface area contributed by atoms with Gasteiger partial charge in [0, 0.05) is 25.2 Å². The molecule has 0 unspecified atom stereocenters. The molecule has 8 nitrogen and oxygen atoms in total. The topological polar surface area (TPSA) is 96.2 Å². The van der Waals surface area contributed by atoms with E-state index >= 15 is 0 Å². The minimum atomic E-state index is -0.0527. The molecule has 1 amide bonds. The molecule has 0 saturated carbocycles. The number of rotatable bonds is 5. The van der Waals surface area contributed by atoms with Gasteiger partial charge in [-0.1, -0.05) is 6.58 Å². The number of aromatic nitrogens is 3. The normalized spacial score (nSPS) is 16.8. The van der Waals surface area contributed by atoms with Crippen molar-refractivity contribution in [1.82, 2.24) is 19.2 Å². The van der Waals surface area contributed by atoms with Crippen LogP contribution in [0, 0.1) is 6.92 Å². The van der Waals surface area contributed by atoms with E-state index in [-0.39, 0.29) is 11.9 Å². The summed E-state index contributed by atoms with van der Waals surface area (Å²) in [4.78, 5) is 22.6. The smallest absolute Gasteiger partial charge is 0.246 e. The van der Waals surface area contributed by atoms with Crippen LogP contribution in [0.15, 0.2) is 35.5 Å². The molecule has 134 valence electrons. The molecule has 1 aliphatic heterocycles. The third-order valence-corrected chi connectivity index (χ3v) is 4.98. The minimum Gasteiger partial charge on any atom is -0.459 e. The number of likely N-dealkylation sites (tertiary alicyclic amines) is 1. The standard InChI is InChI=1S/C17H18N6O2S/c1-3-14(24)23-6-4-11(9-23)18-16-15-12(5-7-25-15)19-17(21-16)20-13-8-10(2)22-26-13/h3,5,7-8,11H,1,4,6,9H2,2H3,(H2,18,19,20,21)/t11-/m1/s1. The van der Waals surface area contributed by atoms with Crippen LogP contribution in [0.2, 0.25) is 0 Å². The van der Waals surface area contributed by atoms with Crippen LogP contribution in [0.1, 0.15) is 12.1 Å². The Morgan fingerprint density at radius 1 is 1.50 bits per heavy atom. The molecule has 1 saturated heterocycles. The van der Waals surface area contributed by atoms with E-state index < -0.39 is 0 Å². The van der Waals surface area contributed by atoms with Crippen LogP contribution < -0.4 is 10.6 Å². The lowest BCUT2D eigenvalue weighted by atomic mass is 10.2. The van der Waals surface area contributed by atoms with Crippen LogP contribution >= 0.6 is 11.5 Å². The van der Waals surface area contributed by atoms with Gasteiger partial charge in [0.2, 0.25) is 11.9 Å². The van der Waals surface area contributed by atoms with Gasteiger partial charge in [0.15, 0.2) is 11.4 Å². The number of carbonyl (C=O) groups is 1. The zero-order valence-corrected chi connectivity index (χ0v) is 15.0. The fourth-order valence-corrected chi connectivity index (χ4v) is 3.61. The van der Waals surface area contributed by atoms with Crippen molar-refractivity contribution >= 4 is 45.3 Å². The molecule has 1 aliphatic rings. The first kappa shape index (κ1) is 16.5. The van der Waals surface area contributed by atoms with Gasteiger partial charge in [0.05, 0.1) is 12.0 Å². The molecule has 1 fully saturated rings. The lowest BCUT2D eigenvalue weighted by Gasteiger charge is -2.16. The predicted molar refractivity (Wildman–Crippen MR) is 101 cm³/mol. The lowest BCUT2D eigenvalue weighted by molar-refractivity contribution is -0.125. The summed E-state index contributed by atoms with van der Waals surface area (Å²) in [5.74, 6) is 1.03. The molecule has 9 heteroatoms. The van der Waals surface area contributed by atoms with E-state index in [1.165, 1.54) is 17.6 Å². The summed E-state index contributed by atoms with van der Waals surface area (Å²) in [6.45, 7) is 6.78. The maximum Gasteiger partial charge on any atom is 0.246 e. The lowest BCUT2D eigenvalue weighted by Crippen LogP contribution is -2.30. The Bertz CT molecular complexity index is 965. The second kappa shape index (κ2) is 6.75. The van der Waals surface area contributed by atoms with E-state index in [1.54, 1.807) is 17.2 Å². The Morgan fingerprint density at radius 2 is 2.38 bits per heavy atom. The van der Waals surface area contributed by atoms with Crippen molar-refractivity contribution in [2.45, 2.75) is 19.4 Å². The maximum atomic E-state index is 11.8. The fourth-order valence-electron chi connectivity index (χ4n) is 2.95. The zero-order valence-electron chi connectivity index (χ0n) is 14.2. The highest BCUT2D eigenvalue weighted by Gasteiger charge is 2.26. The number of nitrogens with zero attached hydrogens (tertiary/aromatic N) is 4. The van der Waals surface area contributed by atoms with Gasteiger partial charge in [-0.25, -0.2) is 4.98 Å². The summed E-state index contributed by atoms with van der Waals surface area (Å²) >= 11 is 1.36. The van der Waals surface area contributed by atoms with Gasteiger partial charge >= 0.3 is 0 Å². The average Bonchev–Trinajstić information content (AvgIpc) is 3.35. The monoisotopic (exact) mass is 370 g/mol. The van der Waals surface area contributed by atoms with Crippen LogP contribution in [-0.4, -0.2) is 44.3 Å². The first-order valence-corrected chi connectivity index (χ1v) is 9.03. The number of amides is 1. The SMILES string of the molecule is C=CC(=O)N1CC[C@@H](Nc2nc(Nc3cc(C)ns3)nc3ccoc23)C1. The molecular formula is C17H18N6O2S. The first-order valence-electron chi connectivity index (χ1n) is 8.26. The summed E-state index contributed by atoms with van der Waals surface area (Å²) in [6.07, 6.45) is 3.77. The molecule has 26 heavy (non-hydrogen) atoms. The third kappa shape index (κ3) is 3.25. The molecule has 0 aromatic carbocycles. The Morgan fingerprint density at radius 3 is 3.15 bits per heavy atom. The van der Waals surface area contributed by atoms with E-state index in [0.717, 1.165) is 17.1 Å². The summed E-state index contributed by atoms with van der Waals surface area (Å²) in [6, 6.07) is 3.84. The van der Waals surface area contributed by atoms with E-state index in [9.17, 15) is 4.79 Å².